The van der Waals surface area contributed by atoms with Gasteiger partial charge < -0.3 is 4.84 Å². The van der Waals surface area contributed by atoms with Crippen LogP contribution >= 0.6 is 0 Å². The van der Waals surface area contributed by atoms with Gasteiger partial charge in [-0.05, 0) is 34.2 Å². The molecule has 1 aromatic heterocycles. The molecule has 0 saturated heterocycles. The van der Waals surface area contributed by atoms with Crippen molar-refractivity contribution < 1.29 is 9.63 Å². The second-order valence-electron chi connectivity index (χ2n) is 7.98. The number of aromatic nitrogens is 2. The van der Waals surface area contributed by atoms with Crippen LogP contribution in [0.15, 0.2) is 78.0 Å². The molecule has 1 atom stereocenters. The molecule has 3 aromatic carbocycles. The van der Waals surface area contributed by atoms with Gasteiger partial charge in [0, 0.05) is 31.0 Å². The average molecular weight is 409 g/mol. The van der Waals surface area contributed by atoms with Crippen molar-refractivity contribution >= 4 is 22.5 Å². The summed E-state index contributed by atoms with van der Waals surface area (Å²) in [7, 11) is 0. The zero-order valence-electron chi connectivity index (χ0n) is 17.3. The SMILES string of the molecule is CC(=O)O/N=C1\CC(c2ccccc2)Cc2[nH]nc(Cc3cccc4ccccc34)c21. The third-order valence-electron chi connectivity index (χ3n) is 5.89. The molecule has 154 valence electrons. The quantitative estimate of drug-likeness (QED) is 0.374. The lowest BCUT2D eigenvalue weighted by molar-refractivity contribution is -0.140. The second-order valence-corrected chi connectivity index (χ2v) is 7.98. The monoisotopic (exact) mass is 409 g/mol. The van der Waals surface area contributed by atoms with E-state index >= 15 is 0 Å². The van der Waals surface area contributed by atoms with Crippen LogP contribution in [0, 0.1) is 0 Å². The van der Waals surface area contributed by atoms with Gasteiger partial charge >= 0.3 is 5.97 Å². The van der Waals surface area contributed by atoms with Gasteiger partial charge in [0.1, 0.15) is 0 Å². The molecule has 1 N–H and O–H groups in total. The van der Waals surface area contributed by atoms with Crippen LogP contribution in [0.5, 0.6) is 0 Å². The van der Waals surface area contributed by atoms with Gasteiger partial charge in [-0.2, -0.15) is 5.10 Å². The standard InChI is InChI=1S/C26H23N3O2/c1-17(30)31-29-25-16-21(18-8-3-2-4-9-18)15-24-26(25)23(27-28-24)14-20-12-7-11-19-10-5-6-13-22(19)20/h2-13,21H,14-16H2,1H3,(H,27,28)/b29-25+. The fourth-order valence-corrected chi connectivity index (χ4v) is 4.48. The normalized spacial score (nSPS) is 16.9. The number of oxime groups is 1. The van der Waals surface area contributed by atoms with Crippen molar-refractivity contribution in [1.29, 1.82) is 0 Å². The van der Waals surface area contributed by atoms with E-state index in [2.05, 4.69) is 70.0 Å². The maximum Gasteiger partial charge on any atom is 0.331 e. The number of hydrogen-bond donors (Lipinski definition) is 1. The molecule has 5 nitrogen and oxygen atoms in total. The van der Waals surface area contributed by atoms with E-state index in [-0.39, 0.29) is 5.92 Å². The van der Waals surface area contributed by atoms with Crippen molar-refractivity contribution in [2.24, 2.45) is 5.16 Å². The number of nitrogens with one attached hydrogen (secondary N) is 1. The van der Waals surface area contributed by atoms with E-state index in [0.29, 0.717) is 12.8 Å². The van der Waals surface area contributed by atoms with Gasteiger partial charge in [-0.1, -0.05) is 78.0 Å². The Hall–Kier alpha value is -3.73. The number of rotatable bonds is 4. The molecule has 0 bridgehead atoms. The minimum absolute atomic E-state index is 0.258. The Bertz CT molecular complexity index is 1270. The van der Waals surface area contributed by atoms with Crippen LogP contribution < -0.4 is 0 Å². The minimum atomic E-state index is -0.421. The van der Waals surface area contributed by atoms with Gasteiger partial charge in [0.05, 0.1) is 11.4 Å². The van der Waals surface area contributed by atoms with E-state index in [1.165, 1.54) is 28.8 Å². The summed E-state index contributed by atoms with van der Waals surface area (Å²) >= 11 is 0. The molecule has 1 aliphatic carbocycles. The average Bonchev–Trinajstić information content (AvgIpc) is 3.21. The molecule has 31 heavy (non-hydrogen) atoms. The number of benzene rings is 3. The molecule has 0 fully saturated rings. The Morgan fingerprint density at radius 3 is 2.65 bits per heavy atom. The summed E-state index contributed by atoms with van der Waals surface area (Å²) in [6.07, 6.45) is 2.23. The van der Waals surface area contributed by atoms with Crippen LogP contribution in [0.1, 0.15) is 47.3 Å². The molecule has 0 aliphatic heterocycles. The molecule has 0 radical (unpaired) electrons. The largest absolute Gasteiger partial charge is 0.331 e. The predicted octanol–water partition coefficient (Wildman–Crippen LogP) is 5.15. The van der Waals surface area contributed by atoms with Gasteiger partial charge in [0.25, 0.3) is 0 Å². The maximum absolute atomic E-state index is 11.5. The summed E-state index contributed by atoms with van der Waals surface area (Å²) in [5.41, 5.74) is 6.19. The number of carbonyl (C=O) groups excluding carboxylic acids is 1. The lowest BCUT2D eigenvalue weighted by Gasteiger charge is -2.24. The molecule has 0 saturated carbocycles. The smallest absolute Gasteiger partial charge is 0.318 e. The summed E-state index contributed by atoms with van der Waals surface area (Å²) in [5.74, 6) is -0.163. The zero-order chi connectivity index (χ0) is 21.2. The number of fused-ring (bicyclic) bond motifs is 2. The zero-order valence-corrected chi connectivity index (χ0v) is 17.3. The molecule has 1 aliphatic rings. The number of nitrogens with zero attached hydrogens (tertiary/aromatic N) is 2. The molecule has 5 rings (SSSR count). The molecular formula is C26H23N3O2. The summed E-state index contributed by atoms with van der Waals surface area (Å²) in [5, 5.41) is 14.6. The number of hydrogen-bond acceptors (Lipinski definition) is 4. The molecule has 5 heteroatoms. The number of aromatic amines is 1. The van der Waals surface area contributed by atoms with Gasteiger partial charge in [0.2, 0.25) is 0 Å². The Balaban J connectivity index is 1.54. The van der Waals surface area contributed by atoms with E-state index in [1.807, 2.05) is 18.2 Å². The lowest BCUT2D eigenvalue weighted by Crippen LogP contribution is -2.20. The van der Waals surface area contributed by atoms with Crippen molar-refractivity contribution in [1.82, 2.24) is 10.2 Å². The van der Waals surface area contributed by atoms with Gasteiger partial charge in [0.15, 0.2) is 0 Å². The first-order valence-electron chi connectivity index (χ1n) is 10.5. The summed E-state index contributed by atoms with van der Waals surface area (Å²) in [6, 6.07) is 25.1. The Morgan fingerprint density at radius 2 is 1.81 bits per heavy atom. The van der Waals surface area contributed by atoms with E-state index in [4.69, 9.17) is 4.84 Å². The van der Waals surface area contributed by atoms with E-state index in [1.54, 1.807) is 0 Å². The predicted molar refractivity (Wildman–Crippen MR) is 121 cm³/mol. The Labute approximate surface area is 180 Å². The first kappa shape index (κ1) is 19.2. The highest BCUT2D eigenvalue weighted by Gasteiger charge is 2.30. The van der Waals surface area contributed by atoms with E-state index < -0.39 is 5.97 Å². The number of carbonyl (C=O) groups is 1. The van der Waals surface area contributed by atoms with Crippen LogP contribution in [0.2, 0.25) is 0 Å². The van der Waals surface area contributed by atoms with E-state index in [0.717, 1.165) is 29.1 Å². The van der Waals surface area contributed by atoms with Crippen molar-refractivity contribution in [3.63, 3.8) is 0 Å². The highest BCUT2D eigenvalue weighted by atomic mass is 16.7. The fourth-order valence-electron chi connectivity index (χ4n) is 4.48. The summed E-state index contributed by atoms with van der Waals surface area (Å²) < 4.78 is 0. The summed E-state index contributed by atoms with van der Waals surface area (Å²) in [4.78, 5) is 16.5. The fraction of sp³-hybridized carbons (Fsp3) is 0.192. The van der Waals surface area contributed by atoms with Crippen LogP contribution in [0.3, 0.4) is 0 Å². The van der Waals surface area contributed by atoms with Crippen LogP contribution in [0.25, 0.3) is 10.8 Å². The highest BCUT2D eigenvalue weighted by Crippen LogP contribution is 2.34. The van der Waals surface area contributed by atoms with Gasteiger partial charge in [-0.3, -0.25) is 5.10 Å². The van der Waals surface area contributed by atoms with E-state index in [9.17, 15) is 4.79 Å². The second kappa shape index (κ2) is 8.19. The Morgan fingerprint density at radius 1 is 1.03 bits per heavy atom. The van der Waals surface area contributed by atoms with Crippen molar-refractivity contribution in [2.45, 2.75) is 32.1 Å². The highest BCUT2D eigenvalue weighted by molar-refractivity contribution is 6.04. The molecule has 0 amide bonds. The third kappa shape index (κ3) is 3.87. The first-order chi connectivity index (χ1) is 15.2. The Kier molecular flexibility index (Phi) is 5.08. The molecule has 1 heterocycles. The van der Waals surface area contributed by atoms with Gasteiger partial charge in [-0.15, -0.1) is 0 Å². The lowest BCUT2D eigenvalue weighted by atomic mass is 9.80. The molecule has 0 spiro atoms. The first-order valence-corrected chi connectivity index (χ1v) is 10.5. The van der Waals surface area contributed by atoms with Crippen LogP contribution in [-0.2, 0) is 22.5 Å². The van der Waals surface area contributed by atoms with Crippen molar-refractivity contribution in [2.75, 3.05) is 0 Å². The van der Waals surface area contributed by atoms with Crippen LogP contribution in [0.4, 0.5) is 0 Å². The molecule has 4 aromatic rings. The third-order valence-corrected chi connectivity index (χ3v) is 5.89. The van der Waals surface area contributed by atoms with Crippen molar-refractivity contribution in [3.05, 3.63) is 101 Å². The minimum Gasteiger partial charge on any atom is -0.318 e. The summed E-state index contributed by atoms with van der Waals surface area (Å²) in [6.45, 7) is 1.37. The maximum atomic E-state index is 11.5. The van der Waals surface area contributed by atoms with Gasteiger partial charge in [-0.25, -0.2) is 4.79 Å². The van der Waals surface area contributed by atoms with Crippen molar-refractivity contribution in [3.8, 4) is 0 Å². The molecular weight excluding hydrogens is 386 g/mol. The topological polar surface area (TPSA) is 67.3 Å². The molecule has 1 unspecified atom stereocenters. The number of H-pyrrole nitrogens is 1. The van der Waals surface area contributed by atoms with Crippen LogP contribution in [-0.4, -0.2) is 21.9 Å².